The van der Waals surface area contributed by atoms with Gasteiger partial charge < -0.3 is 15.4 Å². The summed E-state index contributed by atoms with van der Waals surface area (Å²) in [7, 11) is 0. The highest BCUT2D eigenvalue weighted by Gasteiger charge is 2.32. The second-order valence-corrected chi connectivity index (χ2v) is 7.06. The van der Waals surface area contributed by atoms with E-state index in [0.717, 1.165) is 17.5 Å². The number of anilines is 1. The molecular formula is C19H18N4O4S. The third kappa shape index (κ3) is 5.58. The number of benzene rings is 2. The number of para-hydroxylation sites is 1. The number of amides is 3. The molecule has 3 N–H and O–H groups in total. The lowest BCUT2D eigenvalue weighted by Gasteiger charge is -2.09. The van der Waals surface area contributed by atoms with E-state index in [-0.39, 0.29) is 29.3 Å². The summed E-state index contributed by atoms with van der Waals surface area (Å²) in [6.07, 6.45) is -0.0160. The summed E-state index contributed by atoms with van der Waals surface area (Å²) in [4.78, 5) is 35.0. The third-order valence-corrected chi connectivity index (χ3v) is 4.66. The van der Waals surface area contributed by atoms with Gasteiger partial charge in [-0.05, 0) is 36.4 Å². The minimum absolute atomic E-state index is 0.0160. The Balaban J connectivity index is 1.51. The van der Waals surface area contributed by atoms with Gasteiger partial charge in [0.25, 0.3) is 0 Å². The monoisotopic (exact) mass is 398 g/mol. The lowest BCUT2D eigenvalue weighted by atomic mass is 10.2. The lowest BCUT2D eigenvalue weighted by molar-refractivity contribution is -0.122. The van der Waals surface area contributed by atoms with Gasteiger partial charge >= 0.3 is 0 Å². The number of amidine groups is 1. The number of carbonyl (C=O) groups excluding carboxylic acids is 3. The summed E-state index contributed by atoms with van der Waals surface area (Å²) in [5, 5.41) is 8.69. The minimum atomic E-state index is -0.604. The van der Waals surface area contributed by atoms with Gasteiger partial charge in [0.15, 0.2) is 5.17 Å². The van der Waals surface area contributed by atoms with Crippen LogP contribution in [0.5, 0.6) is 11.5 Å². The summed E-state index contributed by atoms with van der Waals surface area (Å²) >= 11 is 1.10. The van der Waals surface area contributed by atoms with Crippen LogP contribution >= 0.6 is 11.8 Å². The van der Waals surface area contributed by atoms with Crippen molar-refractivity contribution >= 4 is 40.3 Å². The predicted octanol–water partition coefficient (Wildman–Crippen LogP) is 2.45. The van der Waals surface area contributed by atoms with Crippen LogP contribution in [-0.2, 0) is 14.4 Å². The van der Waals surface area contributed by atoms with E-state index in [4.69, 9.17) is 4.74 Å². The normalized spacial score (nSPS) is 17.1. The number of nitrogens with one attached hydrogen (secondary N) is 3. The van der Waals surface area contributed by atoms with Gasteiger partial charge in [-0.1, -0.05) is 30.0 Å². The molecule has 1 fully saturated rings. The highest BCUT2D eigenvalue weighted by molar-refractivity contribution is 8.15. The summed E-state index contributed by atoms with van der Waals surface area (Å²) in [5.41, 5.74) is 2.84. The molecule has 1 aliphatic rings. The summed E-state index contributed by atoms with van der Waals surface area (Å²) in [5.74, 6) is 0.401. The molecule has 2 aromatic rings. The molecule has 0 bridgehead atoms. The van der Waals surface area contributed by atoms with E-state index >= 15 is 0 Å². The van der Waals surface area contributed by atoms with Crippen molar-refractivity contribution in [3.8, 4) is 11.5 Å². The van der Waals surface area contributed by atoms with Gasteiger partial charge in [-0.2, -0.15) is 0 Å². The van der Waals surface area contributed by atoms with Gasteiger partial charge in [0, 0.05) is 19.0 Å². The maximum Gasteiger partial charge on any atom is 0.240 e. The molecule has 8 nitrogen and oxygen atoms in total. The van der Waals surface area contributed by atoms with E-state index in [9.17, 15) is 14.4 Å². The first kappa shape index (κ1) is 19.4. The maximum atomic E-state index is 12.2. The van der Waals surface area contributed by atoms with Gasteiger partial charge in [-0.25, -0.2) is 5.43 Å². The van der Waals surface area contributed by atoms with Crippen LogP contribution in [-0.4, -0.2) is 28.1 Å². The van der Waals surface area contributed by atoms with Crippen LogP contribution in [0.3, 0.4) is 0 Å². The zero-order chi connectivity index (χ0) is 19.9. The fraction of sp³-hybridized carbons (Fsp3) is 0.158. The molecule has 3 rings (SSSR count). The maximum absolute atomic E-state index is 12.2. The van der Waals surface area contributed by atoms with Gasteiger partial charge in [0.2, 0.25) is 17.7 Å². The molecule has 1 atom stereocenters. The number of hydrazone groups is 1. The Labute approximate surface area is 165 Å². The third-order valence-electron chi connectivity index (χ3n) is 3.58. The predicted molar refractivity (Wildman–Crippen MR) is 107 cm³/mol. The number of thioether (sulfide) groups is 1. The van der Waals surface area contributed by atoms with Crippen molar-refractivity contribution in [3.05, 3.63) is 54.6 Å². The van der Waals surface area contributed by atoms with Crippen molar-refractivity contribution in [3.63, 3.8) is 0 Å². The first-order valence-corrected chi connectivity index (χ1v) is 9.32. The van der Waals surface area contributed by atoms with E-state index in [2.05, 4.69) is 21.2 Å². The lowest BCUT2D eigenvalue weighted by Crippen LogP contribution is -2.28. The fourth-order valence-electron chi connectivity index (χ4n) is 2.33. The molecule has 0 aromatic heterocycles. The SMILES string of the molecule is CC(=O)N/N=C1\NC(=O)[C@H](CC(=O)Nc2ccc(Oc3ccccc3)cc2)S1. The Morgan fingerprint density at radius 3 is 2.46 bits per heavy atom. The molecule has 144 valence electrons. The summed E-state index contributed by atoms with van der Waals surface area (Å²) < 4.78 is 5.70. The molecule has 1 heterocycles. The number of nitrogens with zero attached hydrogens (tertiary/aromatic N) is 1. The quantitative estimate of drug-likeness (QED) is 0.648. The summed E-state index contributed by atoms with van der Waals surface area (Å²) in [6.45, 7) is 1.31. The highest BCUT2D eigenvalue weighted by atomic mass is 32.2. The minimum Gasteiger partial charge on any atom is -0.457 e. The van der Waals surface area contributed by atoms with Crippen LogP contribution in [0.2, 0.25) is 0 Å². The van der Waals surface area contributed by atoms with Crippen LogP contribution in [0.15, 0.2) is 59.7 Å². The smallest absolute Gasteiger partial charge is 0.240 e. The van der Waals surface area contributed by atoms with Crippen LogP contribution in [0, 0.1) is 0 Å². The zero-order valence-electron chi connectivity index (χ0n) is 15.0. The molecule has 0 radical (unpaired) electrons. The van der Waals surface area contributed by atoms with E-state index in [1.54, 1.807) is 24.3 Å². The Bertz CT molecular complexity index is 900. The van der Waals surface area contributed by atoms with E-state index in [1.807, 2.05) is 30.3 Å². The summed E-state index contributed by atoms with van der Waals surface area (Å²) in [6, 6.07) is 16.3. The molecule has 0 unspecified atom stereocenters. The average molecular weight is 398 g/mol. The molecule has 1 saturated heterocycles. The second-order valence-electron chi connectivity index (χ2n) is 5.87. The van der Waals surface area contributed by atoms with Crippen LogP contribution in [0.1, 0.15) is 13.3 Å². The van der Waals surface area contributed by atoms with Crippen molar-refractivity contribution in [1.82, 2.24) is 10.7 Å². The Hall–Kier alpha value is -3.33. The second kappa shape index (κ2) is 9.05. The molecule has 9 heteroatoms. The van der Waals surface area contributed by atoms with E-state index in [1.165, 1.54) is 6.92 Å². The average Bonchev–Trinajstić information content (AvgIpc) is 3.02. The fourth-order valence-corrected chi connectivity index (χ4v) is 3.26. The number of hydrogen-bond donors (Lipinski definition) is 3. The van der Waals surface area contributed by atoms with Crippen LogP contribution in [0.25, 0.3) is 0 Å². The zero-order valence-corrected chi connectivity index (χ0v) is 15.8. The van der Waals surface area contributed by atoms with Crippen molar-refractivity contribution in [1.29, 1.82) is 0 Å². The van der Waals surface area contributed by atoms with Gasteiger partial charge in [-0.15, -0.1) is 5.10 Å². The number of ether oxygens (including phenoxy) is 1. The first-order chi connectivity index (χ1) is 13.5. The largest absolute Gasteiger partial charge is 0.457 e. The first-order valence-electron chi connectivity index (χ1n) is 8.44. The van der Waals surface area contributed by atoms with E-state index in [0.29, 0.717) is 11.4 Å². The molecule has 28 heavy (non-hydrogen) atoms. The molecule has 3 amide bonds. The Morgan fingerprint density at radius 2 is 1.79 bits per heavy atom. The molecule has 0 aliphatic carbocycles. The van der Waals surface area contributed by atoms with Crippen LogP contribution in [0.4, 0.5) is 5.69 Å². The van der Waals surface area contributed by atoms with Gasteiger partial charge in [0.05, 0.1) is 0 Å². The number of hydrogen-bond acceptors (Lipinski definition) is 6. The Morgan fingerprint density at radius 1 is 1.11 bits per heavy atom. The molecule has 2 aromatic carbocycles. The van der Waals surface area contributed by atoms with Crippen molar-refractivity contribution < 1.29 is 19.1 Å². The number of carbonyl (C=O) groups is 3. The topological polar surface area (TPSA) is 109 Å². The van der Waals surface area contributed by atoms with Crippen LogP contribution < -0.4 is 20.8 Å². The Kier molecular flexibility index (Phi) is 6.28. The molecule has 0 saturated carbocycles. The van der Waals surface area contributed by atoms with E-state index < -0.39 is 5.25 Å². The van der Waals surface area contributed by atoms with Crippen molar-refractivity contribution in [2.75, 3.05) is 5.32 Å². The molecular weight excluding hydrogens is 380 g/mol. The standard InChI is InChI=1S/C19H18N4O4S/c1-12(24)22-23-19-21-18(26)16(28-19)11-17(25)20-13-7-9-15(10-8-13)27-14-5-3-2-4-6-14/h2-10,16H,11H2,1H3,(H,20,25)(H,22,24)(H,21,23,26)/t16-/m0/s1. The molecule has 1 aliphatic heterocycles. The van der Waals surface area contributed by atoms with Crippen molar-refractivity contribution in [2.24, 2.45) is 5.10 Å². The number of rotatable bonds is 6. The van der Waals surface area contributed by atoms with Crippen molar-refractivity contribution in [2.45, 2.75) is 18.6 Å². The molecule has 0 spiro atoms. The van der Waals surface area contributed by atoms with Gasteiger partial charge in [0.1, 0.15) is 16.7 Å². The highest BCUT2D eigenvalue weighted by Crippen LogP contribution is 2.24. The van der Waals surface area contributed by atoms with Gasteiger partial charge in [-0.3, -0.25) is 14.4 Å².